The number of aromatic nitrogens is 3. The van der Waals surface area contributed by atoms with Crippen molar-refractivity contribution in [2.45, 2.75) is 19.6 Å². The summed E-state index contributed by atoms with van der Waals surface area (Å²) in [5, 5.41) is 11.5. The van der Waals surface area contributed by atoms with Crippen molar-refractivity contribution in [3.05, 3.63) is 99.4 Å². The van der Waals surface area contributed by atoms with E-state index < -0.39 is 6.04 Å². The van der Waals surface area contributed by atoms with Crippen molar-refractivity contribution < 1.29 is 19.0 Å². The van der Waals surface area contributed by atoms with Gasteiger partial charge < -0.3 is 24.8 Å². The molecule has 2 N–H and O–H groups in total. The summed E-state index contributed by atoms with van der Waals surface area (Å²) in [6, 6.07) is 17.5. The maximum Gasteiger partial charge on any atom is 0.255 e. The number of rotatable bonds is 8. The number of benzene rings is 3. The van der Waals surface area contributed by atoms with Crippen LogP contribution in [-0.2, 0) is 11.4 Å². The number of amides is 1. The Morgan fingerprint density at radius 2 is 1.74 bits per heavy atom. The standard InChI is InChI=1S/C28H25Cl2N5O4/c1-16-25(27(36)34-21-13-23(37-2)20(30)12-24(21)38-3)26(35-28(33-16)31-15-32-35)18-9-5-7-11-22(18)39-14-17-8-4-6-10-19(17)29/h4-13,15,26H,14H2,1-3H3,(H,34,36)(H,31,32,33)/t26-/m0/s1. The Bertz CT molecular complexity index is 1570. The summed E-state index contributed by atoms with van der Waals surface area (Å²) in [5.41, 5.74) is 2.99. The highest BCUT2D eigenvalue weighted by molar-refractivity contribution is 6.32. The first-order chi connectivity index (χ1) is 18.9. The highest BCUT2D eigenvalue weighted by atomic mass is 35.5. The molecule has 1 aromatic heterocycles. The van der Waals surface area contributed by atoms with Crippen LogP contribution in [0.2, 0.25) is 10.0 Å². The summed E-state index contributed by atoms with van der Waals surface area (Å²) in [6.45, 7) is 2.06. The predicted molar refractivity (Wildman–Crippen MR) is 150 cm³/mol. The molecule has 200 valence electrons. The van der Waals surface area contributed by atoms with Gasteiger partial charge in [-0.3, -0.25) is 4.79 Å². The van der Waals surface area contributed by atoms with Gasteiger partial charge in [0.15, 0.2) is 0 Å². The zero-order valence-electron chi connectivity index (χ0n) is 21.4. The normalized spacial score (nSPS) is 14.3. The van der Waals surface area contributed by atoms with Crippen LogP contribution in [0.1, 0.15) is 24.1 Å². The Hall–Kier alpha value is -4.21. The van der Waals surface area contributed by atoms with Crippen LogP contribution in [0, 0.1) is 0 Å². The second-order valence-corrected chi connectivity index (χ2v) is 9.47. The molecule has 0 radical (unpaired) electrons. The number of nitrogens with zero attached hydrogens (tertiary/aromatic N) is 3. The molecule has 0 unspecified atom stereocenters. The van der Waals surface area contributed by atoms with Gasteiger partial charge in [-0.25, -0.2) is 4.68 Å². The first kappa shape index (κ1) is 26.4. The van der Waals surface area contributed by atoms with E-state index >= 15 is 0 Å². The molecule has 0 spiro atoms. The van der Waals surface area contributed by atoms with E-state index in [9.17, 15) is 4.79 Å². The fraction of sp³-hybridized carbons (Fsp3) is 0.179. The SMILES string of the molecule is COc1cc(NC(=O)C2=C(C)Nc3ncnn3[C@H]2c2ccccc2OCc2ccccc2Cl)c(OC)cc1Cl. The molecule has 5 rings (SSSR count). The summed E-state index contributed by atoms with van der Waals surface area (Å²) in [5.74, 6) is 1.48. The van der Waals surface area contributed by atoms with Crippen LogP contribution >= 0.6 is 23.2 Å². The van der Waals surface area contributed by atoms with Gasteiger partial charge in [-0.1, -0.05) is 59.6 Å². The lowest BCUT2D eigenvalue weighted by atomic mass is 9.94. The largest absolute Gasteiger partial charge is 0.495 e. The molecule has 2 heterocycles. The van der Waals surface area contributed by atoms with Crippen molar-refractivity contribution in [2.75, 3.05) is 24.9 Å². The van der Waals surface area contributed by atoms with Gasteiger partial charge in [0.25, 0.3) is 5.91 Å². The van der Waals surface area contributed by atoms with Gasteiger partial charge in [-0.15, -0.1) is 0 Å². The van der Waals surface area contributed by atoms with Gasteiger partial charge in [-0.2, -0.15) is 10.1 Å². The molecular formula is C28H25Cl2N5O4. The van der Waals surface area contributed by atoms with E-state index in [1.807, 2.05) is 55.5 Å². The van der Waals surface area contributed by atoms with Crippen LogP contribution < -0.4 is 24.8 Å². The molecule has 0 fully saturated rings. The number of ether oxygens (including phenoxy) is 3. The van der Waals surface area contributed by atoms with E-state index in [0.717, 1.165) is 11.1 Å². The van der Waals surface area contributed by atoms with Crippen molar-refractivity contribution in [3.63, 3.8) is 0 Å². The third-order valence-electron chi connectivity index (χ3n) is 6.32. The Kier molecular flexibility index (Phi) is 7.63. The minimum absolute atomic E-state index is 0.248. The van der Waals surface area contributed by atoms with Gasteiger partial charge in [0, 0.05) is 34.0 Å². The average molecular weight is 566 g/mol. The van der Waals surface area contributed by atoms with Gasteiger partial charge in [0.05, 0.1) is 30.5 Å². The number of fused-ring (bicyclic) bond motifs is 1. The van der Waals surface area contributed by atoms with Crippen molar-refractivity contribution in [1.29, 1.82) is 0 Å². The first-order valence-electron chi connectivity index (χ1n) is 12.0. The van der Waals surface area contributed by atoms with E-state index in [4.69, 9.17) is 37.4 Å². The van der Waals surface area contributed by atoms with E-state index in [0.29, 0.717) is 50.2 Å². The van der Waals surface area contributed by atoms with Gasteiger partial charge in [0.1, 0.15) is 36.2 Å². The number of methoxy groups -OCH3 is 2. The number of carbonyl (C=O) groups excluding carboxylic acids is 1. The fourth-order valence-corrected chi connectivity index (χ4v) is 4.85. The number of para-hydroxylation sites is 1. The van der Waals surface area contributed by atoms with Crippen molar-refractivity contribution in [3.8, 4) is 17.2 Å². The lowest BCUT2D eigenvalue weighted by Crippen LogP contribution is -2.31. The van der Waals surface area contributed by atoms with E-state index in [-0.39, 0.29) is 12.5 Å². The molecule has 0 bridgehead atoms. The second kappa shape index (κ2) is 11.3. The molecule has 1 atom stereocenters. The van der Waals surface area contributed by atoms with Crippen molar-refractivity contribution in [2.24, 2.45) is 0 Å². The highest BCUT2D eigenvalue weighted by Gasteiger charge is 2.35. The van der Waals surface area contributed by atoms with Crippen LogP contribution in [0.5, 0.6) is 17.2 Å². The topological polar surface area (TPSA) is 99.5 Å². The van der Waals surface area contributed by atoms with Crippen LogP contribution in [0.3, 0.4) is 0 Å². The highest BCUT2D eigenvalue weighted by Crippen LogP contribution is 2.41. The predicted octanol–water partition coefficient (Wildman–Crippen LogP) is 6.11. The number of carbonyl (C=O) groups is 1. The molecule has 1 aliphatic heterocycles. The quantitative estimate of drug-likeness (QED) is 0.266. The molecular weight excluding hydrogens is 541 g/mol. The molecule has 1 aliphatic rings. The van der Waals surface area contributed by atoms with Crippen molar-refractivity contribution in [1.82, 2.24) is 14.8 Å². The maximum absolute atomic E-state index is 13.9. The molecule has 39 heavy (non-hydrogen) atoms. The van der Waals surface area contributed by atoms with Crippen LogP contribution in [0.25, 0.3) is 0 Å². The number of anilines is 2. The number of halogens is 2. The Labute approximate surface area is 235 Å². The Morgan fingerprint density at radius 3 is 2.51 bits per heavy atom. The van der Waals surface area contributed by atoms with E-state index in [1.54, 1.807) is 16.8 Å². The van der Waals surface area contributed by atoms with Crippen LogP contribution in [-0.4, -0.2) is 34.9 Å². The zero-order valence-corrected chi connectivity index (χ0v) is 22.9. The lowest BCUT2D eigenvalue weighted by Gasteiger charge is -2.30. The minimum atomic E-state index is -0.647. The molecule has 9 nitrogen and oxygen atoms in total. The lowest BCUT2D eigenvalue weighted by molar-refractivity contribution is -0.113. The van der Waals surface area contributed by atoms with Crippen LogP contribution in [0.15, 0.2) is 78.3 Å². The Morgan fingerprint density at radius 1 is 1.00 bits per heavy atom. The molecule has 4 aromatic rings. The molecule has 1 amide bonds. The fourth-order valence-electron chi connectivity index (χ4n) is 4.43. The number of allylic oxidation sites excluding steroid dienone is 1. The van der Waals surface area contributed by atoms with E-state index in [1.165, 1.54) is 20.5 Å². The summed E-state index contributed by atoms with van der Waals surface area (Å²) in [7, 11) is 3.00. The second-order valence-electron chi connectivity index (χ2n) is 8.65. The molecule has 0 saturated carbocycles. The van der Waals surface area contributed by atoms with Gasteiger partial charge in [-0.05, 0) is 19.1 Å². The monoisotopic (exact) mass is 565 g/mol. The maximum atomic E-state index is 13.9. The smallest absolute Gasteiger partial charge is 0.255 e. The Balaban J connectivity index is 1.54. The van der Waals surface area contributed by atoms with Gasteiger partial charge >= 0.3 is 0 Å². The third kappa shape index (κ3) is 5.23. The third-order valence-corrected chi connectivity index (χ3v) is 6.98. The van der Waals surface area contributed by atoms with Crippen LogP contribution in [0.4, 0.5) is 11.6 Å². The molecule has 0 saturated heterocycles. The van der Waals surface area contributed by atoms with Gasteiger partial charge in [0.2, 0.25) is 5.95 Å². The van der Waals surface area contributed by atoms with Crippen molar-refractivity contribution >= 4 is 40.7 Å². The summed E-state index contributed by atoms with van der Waals surface area (Å²) in [4.78, 5) is 18.2. The summed E-state index contributed by atoms with van der Waals surface area (Å²) < 4.78 is 18.7. The average Bonchev–Trinajstić information content (AvgIpc) is 3.40. The minimum Gasteiger partial charge on any atom is -0.495 e. The molecule has 3 aromatic carbocycles. The first-order valence-corrected chi connectivity index (χ1v) is 12.7. The summed E-state index contributed by atoms with van der Waals surface area (Å²) >= 11 is 12.6. The number of hydrogen-bond donors (Lipinski definition) is 2. The number of nitrogens with one attached hydrogen (secondary N) is 2. The van der Waals surface area contributed by atoms with E-state index in [2.05, 4.69) is 20.7 Å². The zero-order chi connectivity index (χ0) is 27.5. The molecule has 0 aliphatic carbocycles. The summed E-state index contributed by atoms with van der Waals surface area (Å²) in [6.07, 6.45) is 1.43. The number of hydrogen-bond acceptors (Lipinski definition) is 7. The molecule has 11 heteroatoms.